The Hall–Kier alpha value is -1.69. The quantitative estimate of drug-likeness (QED) is 0.521. The molecule has 106 valence electrons. The lowest BCUT2D eigenvalue weighted by atomic mass is 9.99. The zero-order chi connectivity index (χ0) is 14.7. The first kappa shape index (κ1) is 14.7. The number of benzene rings is 1. The van der Waals surface area contributed by atoms with Gasteiger partial charge in [-0.2, -0.15) is 0 Å². The second-order valence-electron chi connectivity index (χ2n) is 4.86. The van der Waals surface area contributed by atoms with E-state index >= 15 is 0 Å². The minimum absolute atomic E-state index is 0.0516. The smallest absolute Gasteiger partial charge is 0.227 e. The molecule has 1 N–H and O–H groups in total. The molecule has 6 heteroatoms. The van der Waals surface area contributed by atoms with E-state index in [1.165, 1.54) is 0 Å². The Kier molecular flexibility index (Phi) is 4.54. The van der Waals surface area contributed by atoms with Gasteiger partial charge in [0.05, 0.1) is 5.71 Å². The maximum Gasteiger partial charge on any atom is 0.227 e. The number of anilines is 1. The molecule has 0 bridgehead atoms. The van der Waals surface area contributed by atoms with Gasteiger partial charge in [0.15, 0.2) is 0 Å². The average Bonchev–Trinajstić information content (AvgIpc) is 2.81. The predicted molar refractivity (Wildman–Crippen MR) is 79.1 cm³/mol. The van der Waals surface area contributed by atoms with Crippen LogP contribution in [0.25, 0.3) is 0 Å². The third kappa shape index (κ3) is 3.25. The number of ketones is 1. The molecule has 1 atom stereocenters. The van der Waals surface area contributed by atoms with Gasteiger partial charge in [0.2, 0.25) is 5.91 Å². The maximum absolute atomic E-state index is 12.0. The number of carbonyl (C=O) groups excluding carboxylic acids is 2. The SMILES string of the molecule is C/C(CC(=O)C1CC(=O)N(c2ccc(Br)cc2)C1)=N/O. The van der Waals surface area contributed by atoms with Gasteiger partial charge in [-0.15, -0.1) is 0 Å². The van der Waals surface area contributed by atoms with Crippen molar-refractivity contribution in [2.24, 2.45) is 11.1 Å². The minimum Gasteiger partial charge on any atom is -0.411 e. The van der Waals surface area contributed by atoms with E-state index in [0.717, 1.165) is 10.2 Å². The summed E-state index contributed by atoms with van der Waals surface area (Å²) in [6, 6.07) is 7.41. The summed E-state index contributed by atoms with van der Waals surface area (Å²) in [6.45, 7) is 1.97. The van der Waals surface area contributed by atoms with E-state index in [0.29, 0.717) is 12.3 Å². The van der Waals surface area contributed by atoms with Crippen LogP contribution in [0, 0.1) is 5.92 Å². The van der Waals surface area contributed by atoms with Crippen LogP contribution in [0.1, 0.15) is 19.8 Å². The van der Waals surface area contributed by atoms with E-state index < -0.39 is 0 Å². The van der Waals surface area contributed by atoms with Gasteiger partial charge >= 0.3 is 0 Å². The summed E-state index contributed by atoms with van der Waals surface area (Å²) in [4.78, 5) is 25.7. The Morgan fingerprint density at radius 3 is 2.70 bits per heavy atom. The molecule has 5 nitrogen and oxygen atoms in total. The first-order valence-electron chi connectivity index (χ1n) is 6.27. The zero-order valence-corrected chi connectivity index (χ0v) is 12.6. The van der Waals surface area contributed by atoms with Gasteiger partial charge in [-0.05, 0) is 31.2 Å². The highest BCUT2D eigenvalue weighted by Crippen LogP contribution is 2.27. The number of amides is 1. The van der Waals surface area contributed by atoms with Gasteiger partial charge in [-0.1, -0.05) is 21.1 Å². The van der Waals surface area contributed by atoms with E-state index in [-0.39, 0.29) is 30.4 Å². The lowest BCUT2D eigenvalue weighted by Crippen LogP contribution is -2.26. The largest absolute Gasteiger partial charge is 0.411 e. The zero-order valence-electron chi connectivity index (χ0n) is 11.0. The van der Waals surface area contributed by atoms with E-state index in [9.17, 15) is 9.59 Å². The van der Waals surface area contributed by atoms with E-state index in [4.69, 9.17) is 5.21 Å². The third-order valence-corrected chi connectivity index (χ3v) is 3.85. The topological polar surface area (TPSA) is 70.0 Å². The highest BCUT2D eigenvalue weighted by atomic mass is 79.9. The number of Topliss-reactive ketones (excluding diaryl/α,β-unsaturated/α-hetero) is 1. The molecule has 0 aromatic heterocycles. The van der Waals surface area contributed by atoms with Gasteiger partial charge in [-0.3, -0.25) is 9.59 Å². The Morgan fingerprint density at radius 1 is 1.45 bits per heavy atom. The molecule has 1 fully saturated rings. The van der Waals surface area contributed by atoms with Crippen LogP contribution in [0.4, 0.5) is 5.69 Å². The molecule has 1 aliphatic rings. The number of halogens is 1. The van der Waals surface area contributed by atoms with Gasteiger partial charge in [0.1, 0.15) is 5.78 Å². The van der Waals surface area contributed by atoms with Crippen molar-refractivity contribution in [3.05, 3.63) is 28.7 Å². The van der Waals surface area contributed by atoms with Crippen LogP contribution in [0.3, 0.4) is 0 Å². The van der Waals surface area contributed by atoms with Gasteiger partial charge in [-0.25, -0.2) is 0 Å². The summed E-state index contributed by atoms with van der Waals surface area (Å²) in [7, 11) is 0. The second kappa shape index (κ2) is 6.17. The van der Waals surface area contributed by atoms with Gasteiger partial charge < -0.3 is 10.1 Å². The van der Waals surface area contributed by atoms with Crippen molar-refractivity contribution in [3.63, 3.8) is 0 Å². The first-order valence-corrected chi connectivity index (χ1v) is 7.06. The molecule has 20 heavy (non-hydrogen) atoms. The van der Waals surface area contributed by atoms with Crippen molar-refractivity contribution in [1.82, 2.24) is 0 Å². The summed E-state index contributed by atoms with van der Waals surface area (Å²) < 4.78 is 0.940. The lowest BCUT2D eigenvalue weighted by Gasteiger charge is -2.16. The van der Waals surface area contributed by atoms with Crippen molar-refractivity contribution >= 4 is 39.0 Å². The number of carbonyl (C=O) groups is 2. The molecule has 1 saturated heterocycles. The average molecular weight is 339 g/mol. The Balaban J connectivity index is 2.07. The molecule has 1 heterocycles. The summed E-state index contributed by atoms with van der Waals surface area (Å²) in [6.07, 6.45) is 0.302. The van der Waals surface area contributed by atoms with E-state index in [2.05, 4.69) is 21.1 Å². The van der Waals surface area contributed by atoms with Gasteiger partial charge in [0.25, 0.3) is 0 Å². The Labute approximate surface area is 125 Å². The molecular weight excluding hydrogens is 324 g/mol. The normalized spacial score (nSPS) is 19.5. The van der Waals surface area contributed by atoms with Crippen LogP contribution >= 0.6 is 15.9 Å². The molecule has 0 radical (unpaired) electrons. The molecule has 1 aromatic carbocycles. The highest BCUT2D eigenvalue weighted by Gasteiger charge is 2.34. The van der Waals surface area contributed by atoms with Crippen molar-refractivity contribution in [2.75, 3.05) is 11.4 Å². The molecule has 1 amide bonds. The predicted octanol–water partition coefficient (Wildman–Crippen LogP) is 2.61. The number of oxime groups is 1. The number of hydrogen-bond acceptors (Lipinski definition) is 4. The van der Waals surface area contributed by atoms with Crippen LogP contribution in [0.5, 0.6) is 0 Å². The second-order valence-corrected chi connectivity index (χ2v) is 5.78. The standard InChI is InChI=1S/C14H15BrN2O3/c1-9(16-20)6-13(18)10-7-14(19)17(8-10)12-4-2-11(15)3-5-12/h2-5,10,20H,6-8H2,1H3/b16-9-. The fourth-order valence-corrected chi connectivity index (χ4v) is 2.49. The molecule has 2 rings (SSSR count). The lowest BCUT2D eigenvalue weighted by molar-refractivity contribution is -0.123. The Morgan fingerprint density at radius 2 is 2.10 bits per heavy atom. The molecule has 0 saturated carbocycles. The fourth-order valence-electron chi connectivity index (χ4n) is 2.23. The van der Waals surface area contributed by atoms with Gasteiger partial charge in [0, 0.05) is 35.5 Å². The molecule has 0 aliphatic carbocycles. The monoisotopic (exact) mass is 338 g/mol. The number of nitrogens with zero attached hydrogens (tertiary/aromatic N) is 2. The summed E-state index contributed by atoms with van der Waals surface area (Å²) in [5.74, 6) is -0.444. The number of rotatable bonds is 4. The summed E-state index contributed by atoms with van der Waals surface area (Å²) in [5, 5.41) is 11.6. The molecule has 0 spiro atoms. The summed E-state index contributed by atoms with van der Waals surface area (Å²) in [5.41, 5.74) is 1.16. The van der Waals surface area contributed by atoms with Crippen LogP contribution < -0.4 is 4.90 Å². The van der Waals surface area contributed by atoms with E-state index in [1.54, 1.807) is 11.8 Å². The molecular formula is C14H15BrN2O3. The van der Waals surface area contributed by atoms with Crippen molar-refractivity contribution < 1.29 is 14.8 Å². The Bertz CT molecular complexity index is 554. The van der Waals surface area contributed by atoms with Crippen LogP contribution in [0.2, 0.25) is 0 Å². The fraction of sp³-hybridized carbons (Fsp3) is 0.357. The van der Waals surface area contributed by atoms with Crippen LogP contribution in [-0.2, 0) is 9.59 Å². The van der Waals surface area contributed by atoms with E-state index in [1.807, 2.05) is 24.3 Å². The third-order valence-electron chi connectivity index (χ3n) is 3.32. The first-order chi connectivity index (χ1) is 9.51. The van der Waals surface area contributed by atoms with Crippen molar-refractivity contribution in [1.29, 1.82) is 0 Å². The van der Waals surface area contributed by atoms with Crippen molar-refractivity contribution in [3.8, 4) is 0 Å². The molecule has 1 aromatic rings. The van der Waals surface area contributed by atoms with Crippen LogP contribution in [0.15, 0.2) is 33.9 Å². The maximum atomic E-state index is 12.0. The number of hydrogen-bond donors (Lipinski definition) is 1. The van der Waals surface area contributed by atoms with Crippen LogP contribution in [-0.4, -0.2) is 29.2 Å². The molecule has 1 unspecified atom stereocenters. The van der Waals surface area contributed by atoms with Crippen molar-refractivity contribution in [2.45, 2.75) is 19.8 Å². The highest BCUT2D eigenvalue weighted by molar-refractivity contribution is 9.10. The molecule has 1 aliphatic heterocycles. The minimum atomic E-state index is -0.331. The summed E-state index contributed by atoms with van der Waals surface area (Å²) >= 11 is 3.34.